The van der Waals surface area contributed by atoms with Gasteiger partial charge in [-0.05, 0) is 19.5 Å². The highest BCUT2D eigenvalue weighted by Gasteiger charge is 2.14. The van der Waals surface area contributed by atoms with Crippen LogP contribution in [0.15, 0.2) is 0 Å². The van der Waals surface area contributed by atoms with Crippen LogP contribution >= 0.6 is 0 Å². The molecule has 0 fully saturated rings. The number of rotatable bonds is 23. The van der Waals surface area contributed by atoms with E-state index in [1.165, 1.54) is 96.3 Å². The minimum atomic E-state index is 0.163. The fourth-order valence-electron chi connectivity index (χ4n) is 3.99. The van der Waals surface area contributed by atoms with E-state index in [2.05, 4.69) is 25.7 Å². The van der Waals surface area contributed by atoms with Crippen LogP contribution in [-0.4, -0.2) is 49.0 Å². The molecule has 0 aromatic carbocycles. The lowest BCUT2D eigenvalue weighted by atomic mass is 10.0. The van der Waals surface area contributed by atoms with Crippen LogP contribution in [0, 0.1) is 0 Å². The summed E-state index contributed by atoms with van der Waals surface area (Å²) in [5, 5.41) is 9.48. The molecule has 1 N–H and O–H groups in total. The summed E-state index contributed by atoms with van der Waals surface area (Å²) in [5.41, 5.74) is 0. The summed E-state index contributed by atoms with van der Waals surface area (Å²) < 4.78 is 5.79. The molecule has 28 heavy (non-hydrogen) atoms. The van der Waals surface area contributed by atoms with Crippen LogP contribution in [0.3, 0.4) is 0 Å². The standard InChI is InChI=1S/C25H53NO2/c1-4-7-8-9-10-11-12-13-14-15-16-17-18-19-20-21-22-28-24-25(23-27)26(5-2)6-3/h25,27H,4-24H2,1-3H3. The average molecular weight is 400 g/mol. The van der Waals surface area contributed by atoms with E-state index in [0.29, 0.717) is 6.61 Å². The molecule has 3 nitrogen and oxygen atoms in total. The maximum atomic E-state index is 9.48. The lowest BCUT2D eigenvalue weighted by molar-refractivity contribution is 0.0338. The van der Waals surface area contributed by atoms with Crippen LogP contribution < -0.4 is 0 Å². The van der Waals surface area contributed by atoms with Crippen molar-refractivity contribution in [2.45, 2.75) is 130 Å². The Kier molecular flexibility index (Phi) is 23.1. The highest BCUT2D eigenvalue weighted by atomic mass is 16.5. The average Bonchev–Trinajstić information content (AvgIpc) is 2.72. The largest absolute Gasteiger partial charge is 0.395 e. The number of nitrogens with zero attached hydrogens (tertiary/aromatic N) is 1. The van der Waals surface area contributed by atoms with Crippen LogP contribution in [0.5, 0.6) is 0 Å². The van der Waals surface area contributed by atoms with Gasteiger partial charge in [-0.15, -0.1) is 0 Å². The molecular weight excluding hydrogens is 346 g/mol. The van der Waals surface area contributed by atoms with Gasteiger partial charge in [-0.2, -0.15) is 0 Å². The molecule has 0 radical (unpaired) electrons. The van der Waals surface area contributed by atoms with Crippen molar-refractivity contribution in [2.24, 2.45) is 0 Å². The molecule has 0 aliphatic rings. The number of hydrogen-bond donors (Lipinski definition) is 1. The topological polar surface area (TPSA) is 32.7 Å². The van der Waals surface area contributed by atoms with Crippen molar-refractivity contribution >= 4 is 0 Å². The molecule has 0 saturated heterocycles. The van der Waals surface area contributed by atoms with E-state index in [1.54, 1.807) is 0 Å². The monoisotopic (exact) mass is 399 g/mol. The molecule has 1 atom stereocenters. The number of ether oxygens (including phenoxy) is 1. The van der Waals surface area contributed by atoms with Crippen LogP contribution in [0.4, 0.5) is 0 Å². The Labute approximate surface area is 177 Å². The van der Waals surface area contributed by atoms with E-state index in [9.17, 15) is 5.11 Å². The number of aliphatic hydroxyl groups excluding tert-OH is 1. The van der Waals surface area contributed by atoms with E-state index >= 15 is 0 Å². The van der Waals surface area contributed by atoms with Gasteiger partial charge in [-0.1, -0.05) is 117 Å². The van der Waals surface area contributed by atoms with E-state index in [1.807, 2.05) is 0 Å². The molecule has 0 bridgehead atoms. The highest BCUT2D eigenvalue weighted by Crippen LogP contribution is 2.13. The predicted molar refractivity (Wildman–Crippen MR) is 124 cm³/mol. The summed E-state index contributed by atoms with van der Waals surface area (Å²) in [6.45, 7) is 10.2. The first-order valence-electron chi connectivity index (χ1n) is 12.7. The van der Waals surface area contributed by atoms with Crippen LogP contribution in [0.1, 0.15) is 124 Å². The molecule has 0 aromatic heterocycles. The van der Waals surface area contributed by atoms with Gasteiger partial charge in [-0.3, -0.25) is 4.90 Å². The van der Waals surface area contributed by atoms with Crippen molar-refractivity contribution in [1.29, 1.82) is 0 Å². The fourth-order valence-corrected chi connectivity index (χ4v) is 3.99. The third-order valence-electron chi connectivity index (χ3n) is 5.99. The summed E-state index contributed by atoms with van der Waals surface area (Å²) in [7, 11) is 0. The first-order valence-corrected chi connectivity index (χ1v) is 12.7. The third kappa shape index (κ3) is 17.9. The molecular formula is C25H53NO2. The minimum Gasteiger partial charge on any atom is -0.395 e. The second kappa shape index (κ2) is 23.2. The summed E-state index contributed by atoms with van der Waals surface area (Å²) in [5.74, 6) is 0. The zero-order valence-electron chi connectivity index (χ0n) is 19.7. The highest BCUT2D eigenvalue weighted by molar-refractivity contribution is 4.67. The molecule has 0 heterocycles. The maximum Gasteiger partial charge on any atom is 0.0644 e. The summed E-state index contributed by atoms with van der Waals surface area (Å²) in [6.07, 6.45) is 22.4. The van der Waals surface area contributed by atoms with Gasteiger partial charge in [0.15, 0.2) is 0 Å². The SMILES string of the molecule is CCCCCCCCCCCCCCCCCCOCC(CO)N(CC)CC. The van der Waals surface area contributed by atoms with Gasteiger partial charge in [0.25, 0.3) is 0 Å². The van der Waals surface area contributed by atoms with Crippen molar-refractivity contribution < 1.29 is 9.84 Å². The quantitative estimate of drug-likeness (QED) is 0.188. The Hall–Kier alpha value is -0.120. The van der Waals surface area contributed by atoms with Crippen LogP contribution in [0.25, 0.3) is 0 Å². The second-order valence-corrected chi connectivity index (χ2v) is 8.44. The van der Waals surface area contributed by atoms with Crippen LogP contribution in [-0.2, 0) is 4.74 Å². The van der Waals surface area contributed by atoms with Crippen molar-refractivity contribution in [1.82, 2.24) is 4.90 Å². The smallest absolute Gasteiger partial charge is 0.0644 e. The molecule has 0 saturated carbocycles. The maximum absolute atomic E-state index is 9.48. The Morgan fingerprint density at radius 2 is 1.00 bits per heavy atom. The fraction of sp³-hybridized carbons (Fsp3) is 1.00. The first-order chi connectivity index (χ1) is 13.8. The Bertz CT molecular complexity index is 282. The number of aliphatic hydroxyl groups is 1. The Morgan fingerprint density at radius 3 is 1.36 bits per heavy atom. The van der Waals surface area contributed by atoms with Gasteiger partial charge in [0.2, 0.25) is 0 Å². The predicted octanol–water partition coefficient (Wildman–Crippen LogP) is 6.97. The molecule has 0 amide bonds. The Morgan fingerprint density at radius 1 is 0.607 bits per heavy atom. The summed E-state index contributed by atoms with van der Waals surface area (Å²) in [6, 6.07) is 0.163. The molecule has 0 rings (SSSR count). The summed E-state index contributed by atoms with van der Waals surface area (Å²) >= 11 is 0. The molecule has 0 aliphatic heterocycles. The lowest BCUT2D eigenvalue weighted by Gasteiger charge is -2.27. The van der Waals surface area contributed by atoms with Crippen molar-refractivity contribution in [2.75, 3.05) is 32.9 Å². The van der Waals surface area contributed by atoms with E-state index < -0.39 is 0 Å². The van der Waals surface area contributed by atoms with Gasteiger partial charge in [-0.25, -0.2) is 0 Å². The van der Waals surface area contributed by atoms with E-state index in [0.717, 1.165) is 26.1 Å². The molecule has 1 unspecified atom stereocenters. The molecule has 0 spiro atoms. The second-order valence-electron chi connectivity index (χ2n) is 8.44. The van der Waals surface area contributed by atoms with Crippen molar-refractivity contribution in [3.63, 3.8) is 0 Å². The summed E-state index contributed by atoms with van der Waals surface area (Å²) in [4.78, 5) is 2.27. The van der Waals surface area contributed by atoms with Gasteiger partial charge in [0.05, 0.1) is 19.3 Å². The van der Waals surface area contributed by atoms with Crippen molar-refractivity contribution in [3.8, 4) is 0 Å². The van der Waals surface area contributed by atoms with Crippen molar-refractivity contribution in [3.05, 3.63) is 0 Å². The molecule has 0 aliphatic carbocycles. The van der Waals surface area contributed by atoms with E-state index in [4.69, 9.17) is 4.74 Å². The van der Waals surface area contributed by atoms with E-state index in [-0.39, 0.29) is 12.6 Å². The molecule has 0 aromatic rings. The lowest BCUT2D eigenvalue weighted by Crippen LogP contribution is -2.41. The third-order valence-corrected chi connectivity index (χ3v) is 5.99. The molecule has 170 valence electrons. The normalized spacial score (nSPS) is 12.8. The number of hydrogen-bond acceptors (Lipinski definition) is 3. The minimum absolute atomic E-state index is 0.163. The molecule has 3 heteroatoms. The van der Waals surface area contributed by atoms with Gasteiger partial charge in [0.1, 0.15) is 0 Å². The van der Waals surface area contributed by atoms with Gasteiger partial charge in [0, 0.05) is 6.61 Å². The van der Waals surface area contributed by atoms with Crippen LogP contribution in [0.2, 0.25) is 0 Å². The van der Waals surface area contributed by atoms with Gasteiger partial charge < -0.3 is 9.84 Å². The van der Waals surface area contributed by atoms with Gasteiger partial charge >= 0.3 is 0 Å². The zero-order valence-corrected chi connectivity index (χ0v) is 19.7. The number of unbranched alkanes of at least 4 members (excludes halogenated alkanes) is 15. The number of likely N-dealkylation sites (N-methyl/N-ethyl adjacent to an activating group) is 1. The zero-order chi connectivity index (χ0) is 20.7. The Balaban J connectivity index is 3.21. The first kappa shape index (κ1) is 27.9.